The highest BCUT2D eigenvalue weighted by Crippen LogP contribution is 2.24. The summed E-state index contributed by atoms with van der Waals surface area (Å²) in [4.78, 5) is 10.2. The average molecular weight is 306 g/mol. The number of nitro benzene ring substituents is 1. The van der Waals surface area contributed by atoms with Gasteiger partial charge >= 0.3 is 0 Å². The van der Waals surface area contributed by atoms with Gasteiger partial charge in [0.2, 0.25) is 0 Å². The predicted octanol–water partition coefficient (Wildman–Crippen LogP) is 3.01. The second kappa shape index (κ2) is 5.53. The van der Waals surface area contributed by atoms with Crippen LogP contribution in [0.1, 0.15) is 11.1 Å². The van der Waals surface area contributed by atoms with E-state index in [1.165, 1.54) is 12.1 Å². The molecule has 6 nitrogen and oxygen atoms in total. The Morgan fingerprint density at radius 1 is 1.05 bits per heavy atom. The molecule has 2 rings (SSSR count). The second-order valence-electron chi connectivity index (χ2n) is 4.63. The van der Waals surface area contributed by atoms with Gasteiger partial charge in [-0.2, -0.15) is 0 Å². The maximum absolute atomic E-state index is 12.3. The standard InChI is InChI=1S/C14H14N2O4S/c1-10-5-3-4-6-13(10)15-21(19,20)12-8-7-11(2)14(9-12)16(17)18/h3-9,15H,1-2H3. The van der Waals surface area contributed by atoms with Gasteiger partial charge < -0.3 is 0 Å². The summed E-state index contributed by atoms with van der Waals surface area (Å²) >= 11 is 0. The molecule has 2 aromatic carbocycles. The maximum atomic E-state index is 12.3. The van der Waals surface area contributed by atoms with Crippen molar-refractivity contribution in [3.8, 4) is 0 Å². The van der Waals surface area contributed by atoms with Gasteiger partial charge in [-0.3, -0.25) is 14.8 Å². The SMILES string of the molecule is Cc1ccccc1NS(=O)(=O)c1ccc(C)c([N+](=O)[O-])c1. The first kappa shape index (κ1) is 15.0. The monoisotopic (exact) mass is 306 g/mol. The van der Waals surface area contributed by atoms with Crippen molar-refractivity contribution in [2.75, 3.05) is 4.72 Å². The van der Waals surface area contributed by atoms with Gasteiger partial charge in [0.15, 0.2) is 0 Å². The van der Waals surface area contributed by atoms with Crippen molar-refractivity contribution in [1.82, 2.24) is 0 Å². The van der Waals surface area contributed by atoms with Crippen molar-refractivity contribution < 1.29 is 13.3 Å². The number of anilines is 1. The summed E-state index contributed by atoms with van der Waals surface area (Å²) < 4.78 is 27.1. The quantitative estimate of drug-likeness (QED) is 0.694. The Labute approximate surface area is 122 Å². The molecule has 0 unspecified atom stereocenters. The van der Waals surface area contributed by atoms with Gasteiger partial charge in [0, 0.05) is 11.6 Å². The minimum absolute atomic E-state index is 0.136. The lowest BCUT2D eigenvalue weighted by Crippen LogP contribution is -2.14. The highest BCUT2D eigenvalue weighted by molar-refractivity contribution is 7.92. The van der Waals surface area contributed by atoms with Crippen molar-refractivity contribution >= 4 is 21.4 Å². The van der Waals surface area contributed by atoms with E-state index in [-0.39, 0.29) is 10.6 Å². The van der Waals surface area contributed by atoms with E-state index >= 15 is 0 Å². The first-order valence-electron chi connectivity index (χ1n) is 6.15. The van der Waals surface area contributed by atoms with Crippen LogP contribution < -0.4 is 4.72 Å². The molecule has 0 fully saturated rings. The van der Waals surface area contributed by atoms with Gasteiger partial charge in [0.05, 0.1) is 15.5 Å². The number of nitrogens with zero attached hydrogens (tertiary/aromatic N) is 1. The van der Waals surface area contributed by atoms with E-state index in [4.69, 9.17) is 0 Å². The smallest absolute Gasteiger partial charge is 0.273 e. The van der Waals surface area contributed by atoms with Gasteiger partial charge in [0.1, 0.15) is 0 Å². The molecular weight excluding hydrogens is 292 g/mol. The normalized spacial score (nSPS) is 11.1. The number of nitro groups is 1. The van der Waals surface area contributed by atoms with Crippen molar-refractivity contribution in [3.05, 3.63) is 63.7 Å². The Balaban J connectivity index is 2.43. The van der Waals surface area contributed by atoms with Crippen molar-refractivity contribution in [2.24, 2.45) is 0 Å². The van der Waals surface area contributed by atoms with E-state index in [0.29, 0.717) is 11.3 Å². The van der Waals surface area contributed by atoms with Crippen LogP contribution in [0.5, 0.6) is 0 Å². The summed E-state index contributed by atoms with van der Waals surface area (Å²) in [5.74, 6) is 0. The molecule has 0 aliphatic rings. The Morgan fingerprint density at radius 2 is 1.71 bits per heavy atom. The van der Waals surface area contributed by atoms with Gasteiger partial charge in [-0.25, -0.2) is 8.42 Å². The Kier molecular flexibility index (Phi) is 3.95. The van der Waals surface area contributed by atoms with Crippen molar-refractivity contribution in [1.29, 1.82) is 0 Å². The number of aryl methyl sites for hydroxylation is 2. The minimum atomic E-state index is -3.86. The van der Waals surface area contributed by atoms with Gasteiger partial charge in [-0.1, -0.05) is 24.3 Å². The zero-order valence-corrected chi connectivity index (χ0v) is 12.3. The van der Waals surface area contributed by atoms with Crippen LogP contribution in [0.25, 0.3) is 0 Å². The fraction of sp³-hybridized carbons (Fsp3) is 0.143. The third kappa shape index (κ3) is 3.19. The van der Waals surface area contributed by atoms with Crippen LogP contribution in [0.4, 0.5) is 11.4 Å². The molecule has 2 aromatic rings. The Bertz CT molecular complexity index is 800. The summed E-state index contributed by atoms with van der Waals surface area (Å²) in [6.45, 7) is 3.33. The first-order chi connectivity index (χ1) is 9.81. The molecule has 0 amide bonds. The Morgan fingerprint density at radius 3 is 2.33 bits per heavy atom. The summed E-state index contributed by atoms with van der Waals surface area (Å²) in [7, 11) is -3.86. The second-order valence-corrected chi connectivity index (χ2v) is 6.31. The lowest BCUT2D eigenvalue weighted by atomic mass is 10.2. The minimum Gasteiger partial charge on any atom is -0.279 e. The lowest BCUT2D eigenvalue weighted by Gasteiger charge is -2.10. The molecule has 1 N–H and O–H groups in total. The highest BCUT2D eigenvalue weighted by Gasteiger charge is 2.20. The summed E-state index contributed by atoms with van der Waals surface area (Å²) in [5, 5.41) is 10.9. The molecule has 0 aromatic heterocycles. The number of nitrogens with one attached hydrogen (secondary N) is 1. The maximum Gasteiger partial charge on any atom is 0.273 e. The highest BCUT2D eigenvalue weighted by atomic mass is 32.2. The van der Waals surface area contributed by atoms with E-state index in [1.54, 1.807) is 38.1 Å². The van der Waals surface area contributed by atoms with Crippen molar-refractivity contribution in [2.45, 2.75) is 18.7 Å². The molecular formula is C14H14N2O4S. The molecule has 0 radical (unpaired) electrons. The largest absolute Gasteiger partial charge is 0.279 e. The third-order valence-corrected chi connectivity index (χ3v) is 4.44. The molecule has 0 saturated heterocycles. The van der Waals surface area contributed by atoms with E-state index in [0.717, 1.165) is 11.6 Å². The van der Waals surface area contributed by atoms with E-state index < -0.39 is 14.9 Å². The molecule has 0 aliphatic heterocycles. The average Bonchev–Trinajstić information content (AvgIpc) is 2.41. The molecule has 21 heavy (non-hydrogen) atoms. The number of sulfonamides is 1. The van der Waals surface area contributed by atoms with E-state index in [1.807, 2.05) is 0 Å². The van der Waals surface area contributed by atoms with Crippen LogP contribution in [0, 0.1) is 24.0 Å². The summed E-state index contributed by atoms with van der Waals surface area (Å²) in [6, 6.07) is 10.8. The van der Waals surface area contributed by atoms with Gasteiger partial charge in [-0.05, 0) is 31.5 Å². The molecule has 0 saturated carbocycles. The fourth-order valence-electron chi connectivity index (χ4n) is 1.84. The fourth-order valence-corrected chi connectivity index (χ4v) is 2.99. The first-order valence-corrected chi connectivity index (χ1v) is 7.63. The molecule has 0 atom stereocenters. The number of hydrogen-bond donors (Lipinski definition) is 1. The molecule has 0 bridgehead atoms. The van der Waals surface area contributed by atoms with Crippen LogP contribution in [-0.2, 0) is 10.0 Å². The van der Waals surface area contributed by atoms with E-state index in [9.17, 15) is 18.5 Å². The van der Waals surface area contributed by atoms with Gasteiger partial charge in [-0.15, -0.1) is 0 Å². The zero-order chi connectivity index (χ0) is 15.6. The zero-order valence-electron chi connectivity index (χ0n) is 11.5. The van der Waals surface area contributed by atoms with E-state index in [2.05, 4.69) is 4.72 Å². The number of benzene rings is 2. The lowest BCUT2D eigenvalue weighted by molar-refractivity contribution is -0.385. The van der Waals surface area contributed by atoms with Crippen LogP contribution in [0.3, 0.4) is 0 Å². The van der Waals surface area contributed by atoms with Crippen LogP contribution >= 0.6 is 0 Å². The summed E-state index contributed by atoms with van der Waals surface area (Å²) in [5.41, 5.74) is 1.40. The molecule has 7 heteroatoms. The third-order valence-electron chi connectivity index (χ3n) is 3.08. The molecule has 0 aliphatic carbocycles. The Hall–Kier alpha value is -2.41. The predicted molar refractivity (Wildman–Crippen MR) is 79.8 cm³/mol. The molecule has 0 spiro atoms. The molecule has 0 heterocycles. The number of rotatable bonds is 4. The van der Waals surface area contributed by atoms with Gasteiger partial charge in [0.25, 0.3) is 15.7 Å². The summed E-state index contributed by atoms with van der Waals surface area (Å²) in [6.07, 6.45) is 0. The van der Waals surface area contributed by atoms with Crippen LogP contribution in [0.15, 0.2) is 47.4 Å². The topological polar surface area (TPSA) is 89.3 Å². The number of para-hydroxylation sites is 1. The van der Waals surface area contributed by atoms with Crippen LogP contribution in [0.2, 0.25) is 0 Å². The van der Waals surface area contributed by atoms with Crippen molar-refractivity contribution in [3.63, 3.8) is 0 Å². The molecule has 110 valence electrons. The van der Waals surface area contributed by atoms with Crippen LogP contribution in [-0.4, -0.2) is 13.3 Å². The number of hydrogen-bond acceptors (Lipinski definition) is 4.